The van der Waals surface area contributed by atoms with E-state index in [0.717, 1.165) is 12.0 Å². The molecule has 1 aliphatic rings. The molecule has 1 aromatic rings. The maximum absolute atomic E-state index is 13.2. The van der Waals surface area contributed by atoms with Crippen molar-refractivity contribution >= 4 is 23.4 Å². The van der Waals surface area contributed by atoms with Crippen LogP contribution < -0.4 is 0 Å². The summed E-state index contributed by atoms with van der Waals surface area (Å²) in [4.78, 5) is 48.6. The average molecular weight is 566 g/mol. The SMILES string of the molecule is CC(C)=CCC[C@]1(C)C=C[C@@H](OC(=O)C=C(C)C)[C@](C)(O)/C=C/C(=O)/C(COC(=O)c2ccc([N+](=O)[O-])cc2)=C\C1. The van der Waals surface area contributed by atoms with Gasteiger partial charge in [-0.05, 0) is 89.7 Å². The number of allylic oxidation sites excluding steroid dienone is 6. The van der Waals surface area contributed by atoms with Crippen molar-refractivity contribution in [1.29, 1.82) is 0 Å². The van der Waals surface area contributed by atoms with Crippen LogP contribution in [0, 0.1) is 15.5 Å². The number of nitro groups is 1. The van der Waals surface area contributed by atoms with Crippen LogP contribution in [0.25, 0.3) is 0 Å². The van der Waals surface area contributed by atoms with Crippen LogP contribution in [-0.2, 0) is 19.1 Å². The average Bonchev–Trinajstić information content (AvgIpc) is 2.89. The molecule has 0 spiro atoms. The van der Waals surface area contributed by atoms with Gasteiger partial charge in [0.05, 0.1) is 10.5 Å². The molecule has 0 aliphatic heterocycles. The van der Waals surface area contributed by atoms with Crippen LogP contribution in [-0.4, -0.2) is 46.1 Å². The number of esters is 2. The van der Waals surface area contributed by atoms with E-state index in [0.29, 0.717) is 12.8 Å². The number of hydrogen-bond acceptors (Lipinski definition) is 8. The lowest BCUT2D eigenvalue weighted by molar-refractivity contribution is -0.384. The Morgan fingerprint density at radius 1 is 1.10 bits per heavy atom. The zero-order valence-electron chi connectivity index (χ0n) is 24.5. The summed E-state index contributed by atoms with van der Waals surface area (Å²) in [7, 11) is 0. The minimum Gasteiger partial charge on any atom is -0.457 e. The molecule has 220 valence electrons. The van der Waals surface area contributed by atoms with Crippen LogP contribution in [0.3, 0.4) is 0 Å². The van der Waals surface area contributed by atoms with Crippen molar-refractivity contribution in [3.8, 4) is 0 Å². The maximum atomic E-state index is 13.2. The molecular weight excluding hydrogens is 526 g/mol. The van der Waals surface area contributed by atoms with Gasteiger partial charge in [0.2, 0.25) is 0 Å². The summed E-state index contributed by atoms with van der Waals surface area (Å²) in [6.45, 7) is 10.6. The van der Waals surface area contributed by atoms with Gasteiger partial charge in [-0.3, -0.25) is 14.9 Å². The molecule has 3 atom stereocenters. The van der Waals surface area contributed by atoms with Crippen molar-refractivity contribution in [2.75, 3.05) is 6.61 Å². The molecule has 0 unspecified atom stereocenters. The van der Waals surface area contributed by atoms with Gasteiger partial charge in [-0.2, -0.15) is 0 Å². The highest BCUT2D eigenvalue weighted by Crippen LogP contribution is 2.33. The third kappa shape index (κ3) is 10.8. The largest absolute Gasteiger partial charge is 0.457 e. The molecule has 0 saturated heterocycles. The predicted molar refractivity (Wildman–Crippen MR) is 156 cm³/mol. The van der Waals surface area contributed by atoms with E-state index >= 15 is 0 Å². The summed E-state index contributed by atoms with van der Waals surface area (Å²) >= 11 is 0. The molecule has 1 N–H and O–H groups in total. The van der Waals surface area contributed by atoms with Crippen LogP contribution in [0.4, 0.5) is 5.69 Å². The van der Waals surface area contributed by atoms with Gasteiger partial charge < -0.3 is 14.6 Å². The number of carbonyl (C=O) groups excluding carboxylic acids is 3. The number of hydrogen-bond donors (Lipinski definition) is 1. The van der Waals surface area contributed by atoms with Crippen LogP contribution in [0.2, 0.25) is 0 Å². The molecule has 0 heterocycles. The molecular formula is C32H39NO8. The number of benzene rings is 1. The minimum atomic E-state index is -1.72. The molecule has 0 radical (unpaired) electrons. The monoisotopic (exact) mass is 565 g/mol. The molecule has 0 saturated carbocycles. The first kappa shape index (κ1) is 33.1. The lowest BCUT2D eigenvalue weighted by atomic mass is 9.80. The summed E-state index contributed by atoms with van der Waals surface area (Å²) in [5.41, 5.74) is -0.164. The number of nitro benzene ring substituents is 1. The van der Waals surface area contributed by atoms with Crippen molar-refractivity contribution < 1.29 is 33.9 Å². The standard InChI is InChI=1S/C32H39NO8/c1-22(2)8-7-16-31(5)17-13-25(21-40-30(36)24-9-11-26(12-10-24)33(38)39)27(34)14-19-32(6,37)28(15-18-31)41-29(35)20-23(3)4/h8-15,18-20,28,37H,7,16-17,21H2,1-6H3/b18-15?,19-14+,25-13-/t28-,31+,32-/m1/s1. The Hall–Kier alpha value is -4.11. The number of aliphatic hydroxyl groups is 1. The zero-order valence-corrected chi connectivity index (χ0v) is 24.5. The Labute approximate surface area is 241 Å². The highest BCUT2D eigenvalue weighted by molar-refractivity contribution is 6.04. The fourth-order valence-corrected chi connectivity index (χ4v) is 3.99. The molecule has 0 amide bonds. The number of ketones is 1. The first-order valence-electron chi connectivity index (χ1n) is 13.4. The highest BCUT2D eigenvalue weighted by atomic mass is 16.6. The van der Waals surface area contributed by atoms with E-state index in [2.05, 4.69) is 6.08 Å². The second-order valence-electron chi connectivity index (χ2n) is 11.1. The maximum Gasteiger partial charge on any atom is 0.338 e. The third-order valence-electron chi connectivity index (χ3n) is 6.54. The van der Waals surface area contributed by atoms with Crippen LogP contribution in [0.15, 0.2) is 83.5 Å². The second kappa shape index (κ2) is 14.5. The van der Waals surface area contributed by atoms with Gasteiger partial charge in [0.25, 0.3) is 5.69 Å². The van der Waals surface area contributed by atoms with Gasteiger partial charge in [0, 0.05) is 23.8 Å². The van der Waals surface area contributed by atoms with Crippen molar-refractivity contribution in [2.24, 2.45) is 5.41 Å². The molecule has 1 aromatic carbocycles. The summed E-state index contributed by atoms with van der Waals surface area (Å²) < 4.78 is 11.0. The number of nitrogens with zero attached hydrogens (tertiary/aromatic N) is 1. The Morgan fingerprint density at radius 3 is 2.34 bits per heavy atom. The molecule has 0 bridgehead atoms. The molecule has 0 fully saturated rings. The normalized spacial score (nSPS) is 24.6. The van der Waals surface area contributed by atoms with E-state index in [1.807, 2.05) is 26.8 Å². The smallest absolute Gasteiger partial charge is 0.338 e. The Balaban J connectivity index is 2.40. The Morgan fingerprint density at radius 2 is 1.76 bits per heavy atom. The number of ether oxygens (including phenoxy) is 2. The molecule has 0 aromatic heterocycles. The van der Waals surface area contributed by atoms with E-state index in [-0.39, 0.29) is 23.4 Å². The van der Waals surface area contributed by atoms with Crippen molar-refractivity contribution in [3.05, 3.63) is 99.2 Å². The predicted octanol–water partition coefficient (Wildman–Crippen LogP) is 6.14. The summed E-state index contributed by atoms with van der Waals surface area (Å²) in [5.74, 6) is -1.83. The number of carbonyl (C=O) groups is 3. The lowest BCUT2D eigenvalue weighted by Crippen LogP contribution is -2.39. The summed E-state index contributed by atoms with van der Waals surface area (Å²) in [6, 6.07) is 4.97. The van der Waals surface area contributed by atoms with E-state index < -0.39 is 39.8 Å². The van der Waals surface area contributed by atoms with Gasteiger partial charge in [-0.15, -0.1) is 0 Å². The van der Waals surface area contributed by atoms with Gasteiger partial charge in [-0.1, -0.05) is 36.3 Å². The van der Waals surface area contributed by atoms with Crippen LogP contribution >= 0.6 is 0 Å². The first-order chi connectivity index (χ1) is 19.1. The fraction of sp³-hybridized carbons (Fsp3) is 0.406. The van der Waals surface area contributed by atoms with Crippen molar-refractivity contribution in [2.45, 2.75) is 72.5 Å². The fourth-order valence-electron chi connectivity index (χ4n) is 3.99. The van der Waals surface area contributed by atoms with Crippen LogP contribution in [0.1, 0.15) is 71.2 Å². The highest BCUT2D eigenvalue weighted by Gasteiger charge is 2.33. The summed E-state index contributed by atoms with van der Waals surface area (Å²) in [6.07, 6.45) is 11.9. The minimum absolute atomic E-state index is 0.106. The van der Waals surface area contributed by atoms with E-state index in [1.54, 1.807) is 26.0 Å². The van der Waals surface area contributed by atoms with Crippen molar-refractivity contribution in [1.82, 2.24) is 0 Å². The summed E-state index contributed by atoms with van der Waals surface area (Å²) in [5, 5.41) is 22.1. The van der Waals surface area contributed by atoms with Gasteiger partial charge in [-0.25, -0.2) is 9.59 Å². The number of non-ortho nitro benzene ring substituents is 1. The second-order valence-corrected chi connectivity index (χ2v) is 11.1. The van der Waals surface area contributed by atoms with Gasteiger partial charge >= 0.3 is 11.9 Å². The Bertz CT molecular complexity index is 1290. The van der Waals surface area contributed by atoms with E-state index in [4.69, 9.17) is 9.47 Å². The molecule has 1 aliphatic carbocycles. The Kier molecular flexibility index (Phi) is 11.7. The number of rotatable bonds is 9. The van der Waals surface area contributed by atoms with Gasteiger partial charge in [0.15, 0.2) is 11.9 Å². The van der Waals surface area contributed by atoms with E-state index in [1.165, 1.54) is 55.0 Å². The molecule has 9 heteroatoms. The van der Waals surface area contributed by atoms with Crippen molar-refractivity contribution in [3.63, 3.8) is 0 Å². The quantitative estimate of drug-likeness (QED) is 0.124. The molecule has 41 heavy (non-hydrogen) atoms. The topological polar surface area (TPSA) is 133 Å². The third-order valence-corrected chi connectivity index (χ3v) is 6.54. The van der Waals surface area contributed by atoms with Crippen LogP contribution in [0.5, 0.6) is 0 Å². The van der Waals surface area contributed by atoms with Gasteiger partial charge in [0.1, 0.15) is 12.2 Å². The zero-order chi connectivity index (χ0) is 30.8. The molecule has 9 nitrogen and oxygen atoms in total. The van der Waals surface area contributed by atoms with E-state index in [9.17, 15) is 29.6 Å². The lowest BCUT2D eigenvalue weighted by Gasteiger charge is -2.29. The first-order valence-corrected chi connectivity index (χ1v) is 13.4. The molecule has 2 rings (SSSR count).